The normalized spacial score (nSPS) is 13.5. The number of sulfonamides is 1. The highest BCUT2D eigenvalue weighted by Crippen LogP contribution is 2.39. The third kappa shape index (κ3) is 2.85. The first kappa shape index (κ1) is 17.5. The smallest absolute Gasteiger partial charge is 0.258 e. The second-order valence-electron chi connectivity index (χ2n) is 6.45. The summed E-state index contributed by atoms with van der Waals surface area (Å²) in [5, 5.41) is 11.0. The van der Waals surface area contributed by atoms with Crippen molar-refractivity contribution in [1.82, 2.24) is 4.72 Å². The minimum Gasteiger partial charge on any atom is -0.508 e. The molecule has 1 aliphatic heterocycles. The van der Waals surface area contributed by atoms with Gasteiger partial charge < -0.3 is 10.0 Å². The minimum atomic E-state index is -3.77. The highest BCUT2D eigenvalue weighted by molar-refractivity contribution is 7.89. The van der Waals surface area contributed by atoms with Gasteiger partial charge in [0.1, 0.15) is 5.75 Å². The average molecular weight is 382 g/mol. The molecule has 0 radical (unpaired) electrons. The van der Waals surface area contributed by atoms with E-state index in [0.29, 0.717) is 34.0 Å². The number of hydrogen-bond acceptors (Lipinski definition) is 4. The van der Waals surface area contributed by atoms with Gasteiger partial charge in [0.2, 0.25) is 10.0 Å². The van der Waals surface area contributed by atoms with Crippen molar-refractivity contribution in [3.8, 4) is 5.75 Å². The molecule has 1 heterocycles. The SMILES string of the molecule is CN1C(=O)c2cccc3c(S(=O)(=O)NCCc4ccccc4O)ccc1c23. The summed E-state index contributed by atoms with van der Waals surface area (Å²) in [7, 11) is -2.10. The highest BCUT2D eigenvalue weighted by Gasteiger charge is 2.29. The van der Waals surface area contributed by atoms with Crippen molar-refractivity contribution in [1.29, 1.82) is 0 Å². The topological polar surface area (TPSA) is 86.7 Å². The lowest BCUT2D eigenvalue weighted by Gasteiger charge is -2.13. The molecule has 3 aromatic carbocycles. The van der Waals surface area contributed by atoms with Crippen molar-refractivity contribution in [2.45, 2.75) is 11.3 Å². The van der Waals surface area contributed by atoms with E-state index in [9.17, 15) is 18.3 Å². The number of amides is 1. The van der Waals surface area contributed by atoms with E-state index in [1.807, 2.05) is 0 Å². The molecule has 0 saturated carbocycles. The predicted octanol–water partition coefficient (Wildman–Crippen LogP) is 2.66. The van der Waals surface area contributed by atoms with E-state index in [1.54, 1.807) is 55.6 Å². The Hall–Kier alpha value is -2.90. The fraction of sp³-hybridized carbons (Fsp3) is 0.150. The van der Waals surface area contributed by atoms with Gasteiger partial charge in [-0.05, 0) is 36.2 Å². The number of nitrogens with one attached hydrogen (secondary N) is 1. The first-order valence-corrected chi connectivity index (χ1v) is 9.99. The molecule has 0 spiro atoms. The maximum atomic E-state index is 12.9. The first-order valence-electron chi connectivity index (χ1n) is 8.50. The number of nitrogens with zero attached hydrogens (tertiary/aromatic N) is 1. The number of rotatable bonds is 5. The number of hydrogen-bond donors (Lipinski definition) is 2. The number of phenols is 1. The largest absolute Gasteiger partial charge is 0.508 e. The van der Waals surface area contributed by atoms with Crippen molar-refractivity contribution in [3.05, 3.63) is 65.7 Å². The van der Waals surface area contributed by atoms with Gasteiger partial charge in [0.05, 0.1) is 10.6 Å². The molecule has 4 rings (SSSR count). The van der Waals surface area contributed by atoms with Crippen LogP contribution in [0.2, 0.25) is 0 Å². The molecule has 0 atom stereocenters. The zero-order valence-corrected chi connectivity index (χ0v) is 15.5. The number of carbonyl (C=O) groups excluding carboxylic acids is 1. The van der Waals surface area contributed by atoms with Crippen LogP contribution in [0.25, 0.3) is 10.8 Å². The van der Waals surface area contributed by atoms with E-state index < -0.39 is 10.0 Å². The van der Waals surface area contributed by atoms with E-state index in [0.717, 1.165) is 0 Å². The fourth-order valence-electron chi connectivity index (χ4n) is 3.46. The Morgan fingerprint density at radius 1 is 1.04 bits per heavy atom. The molecule has 0 unspecified atom stereocenters. The fourth-order valence-corrected chi connectivity index (χ4v) is 4.70. The lowest BCUT2D eigenvalue weighted by Crippen LogP contribution is -2.26. The Kier molecular flexibility index (Phi) is 4.13. The molecule has 0 fully saturated rings. The monoisotopic (exact) mass is 382 g/mol. The minimum absolute atomic E-state index is 0.141. The van der Waals surface area contributed by atoms with E-state index in [-0.39, 0.29) is 23.1 Å². The highest BCUT2D eigenvalue weighted by atomic mass is 32.2. The molecule has 3 aromatic rings. The number of para-hydroxylation sites is 1. The molecule has 1 amide bonds. The van der Waals surface area contributed by atoms with Crippen LogP contribution in [-0.2, 0) is 16.4 Å². The van der Waals surface area contributed by atoms with Crippen LogP contribution >= 0.6 is 0 Å². The summed E-state index contributed by atoms with van der Waals surface area (Å²) in [6.45, 7) is 0.154. The van der Waals surface area contributed by atoms with Gasteiger partial charge in [-0.2, -0.15) is 0 Å². The maximum absolute atomic E-state index is 12.9. The second-order valence-corrected chi connectivity index (χ2v) is 8.19. The molecule has 7 heteroatoms. The molecule has 0 aliphatic carbocycles. The number of anilines is 1. The predicted molar refractivity (Wildman–Crippen MR) is 104 cm³/mol. The zero-order chi connectivity index (χ0) is 19.2. The van der Waals surface area contributed by atoms with Crippen LogP contribution in [0.4, 0.5) is 5.69 Å². The molecular weight excluding hydrogens is 364 g/mol. The number of carbonyl (C=O) groups is 1. The van der Waals surface area contributed by atoms with Gasteiger partial charge in [-0.25, -0.2) is 13.1 Å². The average Bonchev–Trinajstić information content (AvgIpc) is 2.90. The van der Waals surface area contributed by atoms with E-state index in [4.69, 9.17) is 0 Å². The van der Waals surface area contributed by atoms with Gasteiger partial charge in [0.25, 0.3) is 5.91 Å². The lowest BCUT2D eigenvalue weighted by molar-refractivity contribution is 0.0999. The van der Waals surface area contributed by atoms with Crippen molar-refractivity contribution < 1.29 is 18.3 Å². The Bertz CT molecular complexity index is 1170. The Labute approximate surface area is 157 Å². The van der Waals surface area contributed by atoms with E-state index in [2.05, 4.69) is 4.72 Å². The summed E-state index contributed by atoms with van der Waals surface area (Å²) in [4.78, 5) is 14.0. The number of benzene rings is 3. The van der Waals surface area contributed by atoms with Gasteiger partial charge in [0.15, 0.2) is 0 Å². The molecule has 0 bridgehead atoms. The molecular formula is C20H18N2O4S. The van der Waals surface area contributed by atoms with Crippen LogP contribution in [0.15, 0.2) is 59.5 Å². The second kappa shape index (κ2) is 6.37. The standard InChI is InChI=1S/C20H18N2O4S/c1-22-16-9-10-18(14-6-4-7-15(19(14)16)20(22)24)27(25,26)21-12-11-13-5-2-3-8-17(13)23/h2-10,21,23H,11-12H2,1H3. The summed E-state index contributed by atoms with van der Waals surface area (Å²) < 4.78 is 28.3. The van der Waals surface area contributed by atoms with Crippen molar-refractivity contribution in [2.75, 3.05) is 18.5 Å². The quantitative estimate of drug-likeness (QED) is 0.710. The Morgan fingerprint density at radius 3 is 2.59 bits per heavy atom. The van der Waals surface area contributed by atoms with E-state index >= 15 is 0 Å². The van der Waals surface area contributed by atoms with Crippen LogP contribution in [0, 0.1) is 0 Å². The lowest BCUT2D eigenvalue weighted by atomic mass is 10.1. The first-order chi connectivity index (χ1) is 12.9. The van der Waals surface area contributed by atoms with Crippen molar-refractivity contribution in [2.24, 2.45) is 0 Å². The van der Waals surface area contributed by atoms with E-state index in [1.165, 1.54) is 11.0 Å². The molecule has 138 valence electrons. The van der Waals surface area contributed by atoms with Crippen molar-refractivity contribution in [3.63, 3.8) is 0 Å². The summed E-state index contributed by atoms with van der Waals surface area (Å²) in [5.74, 6) is 0.00115. The molecule has 27 heavy (non-hydrogen) atoms. The van der Waals surface area contributed by atoms with Gasteiger partial charge in [-0.1, -0.05) is 30.3 Å². The van der Waals surface area contributed by atoms with Gasteiger partial charge in [-0.3, -0.25) is 4.79 Å². The summed E-state index contributed by atoms with van der Waals surface area (Å²) in [6, 6.07) is 15.1. The summed E-state index contributed by atoms with van der Waals surface area (Å²) >= 11 is 0. The zero-order valence-electron chi connectivity index (χ0n) is 14.6. The van der Waals surface area contributed by atoms with Gasteiger partial charge >= 0.3 is 0 Å². The van der Waals surface area contributed by atoms with Crippen molar-refractivity contribution >= 4 is 32.4 Å². The molecule has 2 N–H and O–H groups in total. The van der Waals surface area contributed by atoms with Crippen LogP contribution in [-0.4, -0.2) is 33.0 Å². The van der Waals surface area contributed by atoms with Crippen LogP contribution in [0.5, 0.6) is 5.75 Å². The molecule has 0 saturated heterocycles. The Morgan fingerprint density at radius 2 is 1.81 bits per heavy atom. The number of phenolic OH excluding ortho intramolecular Hbond substituents is 1. The van der Waals surface area contributed by atoms with Crippen LogP contribution < -0.4 is 9.62 Å². The van der Waals surface area contributed by atoms with Crippen LogP contribution in [0.3, 0.4) is 0 Å². The molecule has 6 nitrogen and oxygen atoms in total. The third-order valence-corrected chi connectivity index (χ3v) is 6.36. The summed E-state index contributed by atoms with van der Waals surface area (Å²) in [5.41, 5.74) is 1.89. The number of aromatic hydroxyl groups is 1. The van der Waals surface area contributed by atoms with Gasteiger partial charge in [0, 0.05) is 29.9 Å². The Balaban J connectivity index is 1.66. The maximum Gasteiger partial charge on any atom is 0.258 e. The molecule has 1 aliphatic rings. The summed E-state index contributed by atoms with van der Waals surface area (Å²) in [6.07, 6.45) is 0.369. The van der Waals surface area contributed by atoms with Gasteiger partial charge in [-0.15, -0.1) is 0 Å². The van der Waals surface area contributed by atoms with Crippen LogP contribution in [0.1, 0.15) is 15.9 Å². The third-order valence-electron chi connectivity index (χ3n) is 4.84. The molecule has 0 aromatic heterocycles.